The molecule has 0 aromatic carbocycles. The SMILES string of the molecule is CCOCC(C)OC(=O)C1NCC2CCCC21. The summed E-state index contributed by atoms with van der Waals surface area (Å²) in [6.45, 7) is 5.95. The smallest absolute Gasteiger partial charge is 0.323 e. The topological polar surface area (TPSA) is 47.6 Å². The van der Waals surface area contributed by atoms with Crippen molar-refractivity contribution < 1.29 is 14.3 Å². The van der Waals surface area contributed by atoms with Crippen LogP contribution in [0, 0.1) is 11.8 Å². The van der Waals surface area contributed by atoms with E-state index in [0.29, 0.717) is 25.0 Å². The summed E-state index contributed by atoms with van der Waals surface area (Å²) in [5.41, 5.74) is 0. The third-order valence-corrected chi connectivity index (χ3v) is 3.87. The molecule has 0 amide bonds. The van der Waals surface area contributed by atoms with Crippen molar-refractivity contribution in [1.29, 1.82) is 0 Å². The highest BCUT2D eigenvalue weighted by molar-refractivity contribution is 5.77. The predicted molar refractivity (Wildman–Crippen MR) is 64.7 cm³/mol. The molecular weight excluding hydrogens is 218 g/mol. The van der Waals surface area contributed by atoms with Gasteiger partial charge in [-0.2, -0.15) is 0 Å². The molecule has 1 saturated heterocycles. The van der Waals surface area contributed by atoms with Crippen LogP contribution < -0.4 is 5.32 Å². The second-order valence-corrected chi connectivity index (χ2v) is 5.15. The predicted octanol–water partition coefficient (Wildman–Crippen LogP) is 1.34. The molecule has 0 radical (unpaired) electrons. The summed E-state index contributed by atoms with van der Waals surface area (Å²) < 4.78 is 10.7. The molecule has 2 rings (SSSR count). The summed E-state index contributed by atoms with van der Waals surface area (Å²) in [5.74, 6) is 1.10. The number of fused-ring (bicyclic) bond motifs is 1. The fraction of sp³-hybridized carbons (Fsp3) is 0.923. The van der Waals surface area contributed by atoms with Gasteiger partial charge in [0.1, 0.15) is 12.1 Å². The number of nitrogens with one attached hydrogen (secondary N) is 1. The summed E-state index contributed by atoms with van der Waals surface area (Å²) in [6.07, 6.45) is 3.53. The Morgan fingerprint density at radius 2 is 2.29 bits per heavy atom. The van der Waals surface area contributed by atoms with Crippen LogP contribution in [0.3, 0.4) is 0 Å². The molecule has 1 heterocycles. The molecule has 4 unspecified atom stereocenters. The van der Waals surface area contributed by atoms with Gasteiger partial charge in [0.25, 0.3) is 0 Å². The lowest BCUT2D eigenvalue weighted by atomic mass is 9.94. The second-order valence-electron chi connectivity index (χ2n) is 5.15. The zero-order valence-electron chi connectivity index (χ0n) is 10.8. The van der Waals surface area contributed by atoms with Gasteiger partial charge >= 0.3 is 5.97 Å². The van der Waals surface area contributed by atoms with E-state index in [1.807, 2.05) is 13.8 Å². The lowest BCUT2D eigenvalue weighted by molar-refractivity contribution is -0.154. The van der Waals surface area contributed by atoms with Crippen molar-refractivity contribution in [1.82, 2.24) is 5.32 Å². The molecule has 0 aromatic rings. The standard InChI is InChI=1S/C13H23NO3/c1-3-16-8-9(2)17-13(15)12-11-6-4-5-10(11)7-14-12/h9-12,14H,3-8H2,1-2H3. The molecule has 4 heteroatoms. The minimum absolute atomic E-state index is 0.0772. The van der Waals surface area contributed by atoms with E-state index in [-0.39, 0.29) is 18.1 Å². The van der Waals surface area contributed by atoms with Crippen molar-refractivity contribution in [2.45, 2.75) is 45.3 Å². The Morgan fingerprint density at radius 1 is 1.47 bits per heavy atom. The summed E-state index contributed by atoms with van der Waals surface area (Å²) >= 11 is 0. The zero-order chi connectivity index (χ0) is 12.3. The highest BCUT2D eigenvalue weighted by atomic mass is 16.6. The second kappa shape index (κ2) is 5.83. The third kappa shape index (κ3) is 2.99. The van der Waals surface area contributed by atoms with Crippen molar-refractivity contribution in [2.75, 3.05) is 19.8 Å². The largest absolute Gasteiger partial charge is 0.459 e. The van der Waals surface area contributed by atoms with Gasteiger partial charge in [0.05, 0.1) is 6.61 Å². The molecule has 4 nitrogen and oxygen atoms in total. The van der Waals surface area contributed by atoms with Crippen LogP contribution in [0.5, 0.6) is 0 Å². The molecule has 2 aliphatic rings. The number of ether oxygens (including phenoxy) is 2. The first-order valence-electron chi connectivity index (χ1n) is 6.74. The minimum atomic E-state index is -0.148. The lowest BCUT2D eigenvalue weighted by Gasteiger charge is -2.20. The van der Waals surface area contributed by atoms with E-state index in [9.17, 15) is 4.79 Å². The van der Waals surface area contributed by atoms with Gasteiger partial charge in [0.15, 0.2) is 0 Å². The molecule has 2 fully saturated rings. The van der Waals surface area contributed by atoms with Crippen LogP contribution in [-0.4, -0.2) is 37.9 Å². The number of carbonyl (C=O) groups excluding carboxylic acids is 1. The molecule has 1 N–H and O–H groups in total. The van der Waals surface area contributed by atoms with E-state index >= 15 is 0 Å². The first-order chi connectivity index (χ1) is 8.22. The molecule has 1 aliphatic heterocycles. The fourth-order valence-electron chi connectivity index (χ4n) is 3.04. The summed E-state index contributed by atoms with van der Waals surface area (Å²) in [4.78, 5) is 12.0. The van der Waals surface area contributed by atoms with Crippen LogP contribution >= 0.6 is 0 Å². The number of hydrogen-bond acceptors (Lipinski definition) is 4. The van der Waals surface area contributed by atoms with E-state index < -0.39 is 0 Å². The molecular formula is C13H23NO3. The van der Waals surface area contributed by atoms with E-state index in [2.05, 4.69) is 5.32 Å². The van der Waals surface area contributed by atoms with E-state index in [0.717, 1.165) is 13.0 Å². The van der Waals surface area contributed by atoms with Crippen molar-refractivity contribution in [3.63, 3.8) is 0 Å². The lowest BCUT2D eigenvalue weighted by Crippen LogP contribution is -2.39. The highest BCUT2D eigenvalue weighted by Crippen LogP contribution is 2.38. The van der Waals surface area contributed by atoms with Gasteiger partial charge in [-0.05, 0) is 45.1 Å². The molecule has 0 spiro atoms. The van der Waals surface area contributed by atoms with Gasteiger partial charge in [0, 0.05) is 6.61 Å². The average molecular weight is 241 g/mol. The van der Waals surface area contributed by atoms with Crippen LogP contribution in [0.1, 0.15) is 33.1 Å². The molecule has 0 bridgehead atoms. The Hall–Kier alpha value is -0.610. The average Bonchev–Trinajstić information content (AvgIpc) is 2.87. The van der Waals surface area contributed by atoms with Crippen LogP contribution in [0.2, 0.25) is 0 Å². The summed E-state index contributed by atoms with van der Waals surface area (Å²) in [7, 11) is 0. The van der Waals surface area contributed by atoms with Crippen molar-refractivity contribution >= 4 is 5.97 Å². The normalized spacial score (nSPS) is 33.4. The monoisotopic (exact) mass is 241 g/mol. The van der Waals surface area contributed by atoms with Gasteiger partial charge in [-0.1, -0.05) is 6.42 Å². The maximum Gasteiger partial charge on any atom is 0.323 e. The fourth-order valence-corrected chi connectivity index (χ4v) is 3.04. The van der Waals surface area contributed by atoms with Crippen molar-refractivity contribution in [3.05, 3.63) is 0 Å². The first-order valence-corrected chi connectivity index (χ1v) is 6.74. The van der Waals surface area contributed by atoms with Gasteiger partial charge in [-0.25, -0.2) is 0 Å². The third-order valence-electron chi connectivity index (χ3n) is 3.87. The quantitative estimate of drug-likeness (QED) is 0.738. The molecule has 4 atom stereocenters. The van der Waals surface area contributed by atoms with Gasteiger partial charge in [0.2, 0.25) is 0 Å². The first kappa shape index (κ1) is 12.8. The summed E-state index contributed by atoms with van der Waals surface area (Å²) in [6, 6.07) is -0.0772. The van der Waals surface area contributed by atoms with E-state index in [1.165, 1.54) is 12.8 Å². The Morgan fingerprint density at radius 3 is 3.06 bits per heavy atom. The van der Waals surface area contributed by atoms with Crippen molar-refractivity contribution in [2.24, 2.45) is 11.8 Å². The molecule has 1 aliphatic carbocycles. The maximum absolute atomic E-state index is 12.0. The Kier molecular flexibility index (Phi) is 4.40. The maximum atomic E-state index is 12.0. The molecule has 98 valence electrons. The van der Waals surface area contributed by atoms with E-state index in [1.54, 1.807) is 0 Å². The zero-order valence-corrected chi connectivity index (χ0v) is 10.8. The van der Waals surface area contributed by atoms with Gasteiger partial charge in [-0.3, -0.25) is 4.79 Å². The Bertz CT molecular complexity index is 269. The van der Waals surface area contributed by atoms with Crippen LogP contribution in [0.15, 0.2) is 0 Å². The number of carbonyl (C=O) groups is 1. The number of hydrogen-bond donors (Lipinski definition) is 1. The van der Waals surface area contributed by atoms with Crippen LogP contribution in [0.25, 0.3) is 0 Å². The molecule has 1 saturated carbocycles. The van der Waals surface area contributed by atoms with Crippen LogP contribution in [-0.2, 0) is 14.3 Å². The Balaban J connectivity index is 1.79. The van der Waals surface area contributed by atoms with Crippen LogP contribution in [0.4, 0.5) is 0 Å². The van der Waals surface area contributed by atoms with Gasteiger partial charge in [-0.15, -0.1) is 0 Å². The van der Waals surface area contributed by atoms with E-state index in [4.69, 9.17) is 9.47 Å². The summed E-state index contributed by atoms with van der Waals surface area (Å²) in [5, 5.41) is 3.30. The highest BCUT2D eigenvalue weighted by Gasteiger charge is 2.43. The number of esters is 1. The minimum Gasteiger partial charge on any atom is -0.459 e. The molecule has 17 heavy (non-hydrogen) atoms. The van der Waals surface area contributed by atoms with Crippen molar-refractivity contribution in [3.8, 4) is 0 Å². The number of rotatable bonds is 5. The Labute approximate surface area is 103 Å². The molecule has 0 aromatic heterocycles. The van der Waals surface area contributed by atoms with Gasteiger partial charge < -0.3 is 14.8 Å².